The molecule has 0 fully saturated rings. The van der Waals surface area contributed by atoms with Crippen molar-refractivity contribution < 1.29 is 18.3 Å². The summed E-state index contributed by atoms with van der Waals surface area (Å²) in [7, 11) is 1.58. The van der Waals surface area contributed by atoms with E-state index in [-0.39, 0.29) is 17.9 Å². The smallest absolute Gasteiger partial charge is 0.226 e. The summed E-state index contributed by atoms with van der Waals surface area (Å²) < 4.78 is 34.7. The maximum atomic E-state index is 14.2. The zero-order chi connectivity index (χ0) is 18.3. The molecule has 7 heteroatoms. The van der Waals surface area contributed by atoms with Gasteiger partial charge in [-0.3, -0.25) is 9.36 Å². The molecule has 26 heavy (non-hydrogen) atoms. The van der Waals surface area contributed by atoms with Crippen LogP contribution < -0.4 is 10.1 Å². The van der Waals surface area contributed by atoms with E-state index < -0.39 is 17.6 Å². The second-order valence-corrected chi connectivity index (χ2v) is 6.02. The minimum absolute atomic E-state index is 0.00694. The quantitative estimate of drug-likeness (QED) is 0.781. The zero-order valence-electron chi connectivity index (χ0n) is 13.9. The molecule has 0 aliphatic carbocycles. The highest BCUT2D eigenvalue weighted by molar-refractivity contribution is 5.94. The molecule has 3 aromatic rings. The molecular weight excluding hydrogens is 340 g/mol. The largest absolute Gasteiger partial charge is 0.497 e. The van der Waals surface area contributed by atoms with E-state index in [9.17, 15) is 13.6 Å². The van der Waals surface area contributed by atoms with Crippen LogP contribution in [0.2, 0.25) is 0 Å². The Kier molecular flexibility index (Phi) is 3.91. The third kappa shape index (κ3) is 2.71. The van der Waals surface area contributed by atoms with Crippen molar-refractivity contribution in [1.82, 2.24) is 9.55 Å². The van der Waals surface area contributed by atoms with Crippen LogP contribution in [0.25, 0.3) is 5.69 Å². The molecule has 1 aliphatic heterocycles. The van der Waals surface area contributed by atoms with E-state index >= 15 is 0 Å². The van der Waals surface area contributed by atoms with Gasteiger partial charge in [0, 0.05) is 23.6 Å². The van der Waals surface area contributed by atoms with Gasteiger partial charge in [0.2, 0.25) is 5.91 Å². The fourth-order valence-electron chi connectivity index (χ4n) is 3.18. The van der Waals surface area contributed by atoms with Crippen molar-refractivity contribution in [2.24, 2.45) is 0 Å². The van der Waals surface area contributed by atoms with Crippen molar-refractivity contribution in [1.29, 1.82) is 0 Å². The summed E-state index contributed by atoms with van der Waals surface area (Å²) in [5.74, 6) is -0.874. The molecular formula is C19H15F2N3O2. The number of aromatic nitrogens is 2. The maximum absolute atomic E-state index is 14.2. The van der Waals surface area contributed by atoms with E-state index in [2.05, 4.69) is 10.3 Å². The van der Waals surface area contributed by atoms with Gasteiger partial charge in [-0.1, -0.05) is 0 Å². The molecule has 5 nitrogen and oxygen atoms in total. The average molecular weight is 355 g/mol. The average Bonchev–Trinajstić information content (AvgIpc) is 3.07. The predicted molar refractivity (Wildman–Crippen MR) is 91.6 cm³/mol. The predicted octanol–water partition coefficient (Wildman–Crippen LogP) is 3.63. The van der Waals surface area contributed by atoms with Crippen LogP contribution in [0.1, 0.15) is 23.6 Å². The lowest BCUT2D eigenvalue weighted by molar-refractivity contribution is -0.116. The van der Waals surface area contributed by atoms with Crippen molar-refractivity contribution >= 4 is 11.7 Å². The first kappa shape index (κ1) is 16.3. The molecule has 2 aromatic carbocycles. The lowest BCUT2D eigenvalue weighted by Gasteiger charge is -2.23. The number of nitrogens with one attached hydrogen (secondary N) is 1. The van der Waals surface area contributed by atoms with E-state index in [4.69, 9.17) is 4.74 Å². The number of nitrogens with zero attached hydrogens (tertiary/aromatic N) is 2. The molecule has 0 bridgehead atoms. The first-order valence-electron chi connectivity index (χ1n) is 8.03. The Morgan fingerprint density at radius 1 is 1.19 bits per heavy atom. The van der Waals surface area contributed by atoms with E-state index in [0.717, 1.165) is 23.9 Å². The molecule has 2 heterocycles. The van der Waals surface area contributed by atoms with Crippen molar-refractivity contribution in [3.05, 3.63) is 71.7 Å². The Bertz CT molecular complexity index is 983. The molecule has 0 radical (unpaired) electrons. The number of amides is 1. The summed E-state index contributed by atoms with van der Waals surface area (Å²) >= 11 is 0. The molecule has 1 aliphatic rings. The van der Waals surface area contributed by atoms with E-state index in [0.29, 0.717) is 17.3 Å². The van der Waals surface area contributed by atoms with Crippen LogP contribution in [-0.2, 0) is 4.79 Å². The SMILES string of the molecule is COc1ccc(-n2cnc3c2NC(=O)C[C@@H]3c2cc(F)ccc2F)cc1. The van der Waals surface area contributed by atoms with Gasteiger partial charge in [0.15, 0.2) is 0 Å². The Labute approximate surface area is 148 Å². The first-order chi connectivity index (χ1) is 12.6. The number of methoxy groups -OCH3 is 1. The van der Waals surface area contributed by atoms with Crippen LogP contribution in [0.5, 0.6) is 5.75 Å². The highest BCUT2D eigenvalue weighted by Crippen LogP contribution is 2.38. The molecule has 132 valence electrons. The molecule has 0 unspecified atom stereocenters. The number of carbonyl (C=O) groups is 1. The topological polar surface area (TPSA) is 56.1 Å². The number of carbonyl (C=O) groups excluding carboxylic acids is 1. The fraction of sp³-hybridized carbons (Fsp3) is 0.158. The number of rotatable bonds is 3. The van der Waals surface area contributed by atoms with E-state index in [1.54, 1.807) is 30.1 Å². The highest BCUT2D eigenvalue weighted by atomic mass is 19.1. The Morgan fingerprint density at radius 2 is 1.96 bits per heavy atom. The van der Waals surface area contributed by atoms with Crippen LogP contribution in [-0.4, -0.2) is 22.6 Å². The van der Waals surface area contributed by atoms with Gasteiger partial charge in [-0.15, -0.1) is 0 Å². The zero-order valence-corrected chi connectivity index (χ0v) is 13.9. The number of fused-ring (bicyclic) bond motifs is 1. The summed E-state index contributed by atoms with van der Waals surface area (Å²) in [6.45, 7) is 0. The molecule has 4 rings (SSSR count). The van der Waals surface area contributed by atoms with Gasteiger partial charge in [-0.25, -0.2) is 13.8 Å². The molecule has 0 saturated heterocycles. The summed E-state index contributed by atoms with van der Waals surface area (Å²) in [6, 6.07) is 10.5. The maximum Gasteiger partial charge on any atom is 0.226 e. The van der Waals surface area contributed by atoms with Crippen molar-refractivity contribution in [3.63, 3.8) is 0 Å². The Hall–Kier alpha value is -3.22. The van der Waals surface area contributed by atoms with E-state index in [1.165, 1.54) is 0 Å². The van der Waals surface area contributed by atoms with Crippen LogP contribution >= 0.6 is 0 Å². The first-order valence-corrected chi connectivity index (χ1v) is 8.03. The second kappa shape index (κ2) is 6.25. The number of anilines is 1. The Balaban J connectivity index is 1.81. The molecule has 1 atom stereocenters. The second-order valence-electron chi connectivity index (χ2n) is 6.02. The van der Waals surface area contributed by atoms with Gasteiger partial charge < -0.3 is 10.1 Å². The summed E-state index contributed by atoms with van der Waals surface area (Å²) in [5.41, 5.74) is 1.39. The van der Waals surface area contributed by atoms with Crippen LogP contribution in [0, 0.1) is 11.6 Å². The lowest BCUT2D eigenvalue weighted by Crippen LogP contribution is -2.25. The number of hydrogen-bond acceptors (Lipinski definition) is 3. The fourth-order valence-corrected chi connectivity index (χ4v) is 3.18. The Morgan fingerprint density at radius 3 is 2.69 bits per heavy atom. The van der Waals surface area contributed by atoms with Crippen molar-refractivity contribution in [3.8, 4) is 11.4 Å². The van der Waals surface area contributed by atoms with Gasteiger partial charge in [0.25, 0.3) is 0 Å². The summed E-state index contributed by atoms with van der Waals surface area (Å²) in [6.07, 6.45) is 1.56. The molecule has 0 spiro atoms. The third-order valence-electron chi connectivity index (χ3n) is 4.46. The molecule has 1 amide bonds. The number of hydrogen-bond donors (Lipinski definition) is 1. The minimum Gasteiger partial charge on any atom is -0.497 e. The van der Waals surface area contributed by atoms with Gasteiger partial charge in [0.1, 0.15) is 29.5 Å². The van der Waals surface area contributed by atoms with E-state index in [1.807, 2.05) is 12.1 Å². The monoisotopic (exact) mass is 355 g/mol. The van der Waals surface area contributed by atoms with Crippen LogP contribution in [0.4, 0.5) is 14.6 Å². The molecule has 1 aromatic heterocycles. The van der Waals surface area contributed by atoms with Gasteiger partial charge in [-0.2, -0.15) is 0 Å². The van der Waals surface area contributed by atoms with Gasteiger partial charge in [0.05, 0.1) is 12.8 Å². The minimum atomic E-state index is -0.644. The normalized spacial score (nSPS) is 16.1. The summed E-state index contributed by atoms with van der Waals surface area (Å²) in [4.78, 5) is 16.6. The number of benzene rings is 2. The van der Waals surface area contributed by atoms with Crippen molar-refractivity contribution in [2.75, 3.05) is 12.4 Å². The molecule has 0 saturated carbocycles. The molecule has 1 N–H and O–H groups in total. The van der Waals surface area contributed by atoms with Crippen molar-refractivity contribution in [2.45, 2.75) is 12.3 Å². The van der Waals surface area contributed by atoms with Gasteiger partial charge in [-0.05, 0) is 42.5 Å². The number of imidazole rings is 1. The highest BCUT2D eigenvalue weighted by Gasteiger charge is 2.32. The van der Waals surface area contributed by atoms with Gasteiger partial charge >= 0.3 is 0 Å². The summed E-state index contributed by atoms with van der Waals surface area (Å²) in [5, 5.41) is 2.78. The standard InChI is InChI=1S/C19H15F2N3O2/c1-26-13-5-3-12(4-6-13)24-10-22-18-15(9-17(25)23-19(18)24)14-8-11(20)2-7-16(14)21/h2-8,10,15H,9H2,1H3,(H,23,25)/t15-/m1/s1. The van der Waals surface area contributed by atoms with Crippen LogP contribution in [0.3, 0.4) is 0 Å². The number of halogens is 2. The van der Waals surface area contributed by atoms with Crippen LogP contribution in [0.15, 0.2) is 48.8 Å². The number of ether oxygens (including phenoxy) is 1. The third-order valence-corrected chi connectivity index (χ3v) is 4.46. The lowest BCUT2D eigenvalue weighted by atomic mass is 9.89.